The molecule has 154 valence electrons. The second-order valence-corrected chi connectivity index (χ2v) is 8.25. The fourth-order valence-electron chi connectivity index (χ4n) is 3.14. The van der Waals surface area contributed by atoms with Gasteiger partial charge < -0.3 is 4.74 Å². The van der Waals surface area contributed by atoms with E-state index in [2.05, 4.69) is 21.5 Å². The summed E-state index contributed by atoms with van der Waals surface area (Å²) >= 11 is 0. The second kappa shape index (κ2) is 8.46. The molecule has 0 aliphatic rings. The fourth-order valence-corrected chi connectivity index (χ4v) is 4.43. The van der Waals surface area contributed by atoms with E-state index in [9.17, 15) is 12.8 Å². The maximum Gasteiger partial charge on any atom is 0.262 e. The lowest BCUT2D eigenvalue weighted by Gasteiger charge is -2.13. The Bertz CT molecular complexity index is 1430. The Kier molecular flexibility index (Phi) is 5.56. The smallest absolute Gasteiger partial charge is 0.262 e. The zero-order valence-electron chi connectivity index (χ0n) is 16.5. The van der Waals surface area contributed by atoms with Gasteiger partial charge in [-0.25, -0.2) is 12.8 Å². The number of fused-ring (bicyclic) bond motifs is 1. The van der Waals surface area contributed by atoms with Crippen molar-refractivity contribution in [2.45, 2.75) is 4.90 Å². The third-order valence-corrected chi connectivity index (χ3v) is 6.01. The van der Waals surface area contributed by atoms with Crippen molar-refractivity contribution < 1.29 is 17.5 Å². The molecule has 0 amide bonds. The van der Waals surface area contributed by atoms with Gasteiger partial charge in [-0.2, -0.15) is 0 Å². The van der Waals surface area contributed by atoms with Crippen molar-refractivity contribution in [2.75, 3.05) is 11.8 Å². The van der Waals surface area contributed by atoms with Gasteiger partial charge in [-0.05, 0) is 42.5 Å². The Hall–Kier alpha value is -3.89. The molecule has 7 heteroatoms. The summed E-state index contributed by atoms with van der Waals surface area (Å²) in [6.45, 7) is 0. The van der Waals surface area contributed by atoms with Crippen LogP contribution in [0.5, 0.6) is 5.75 Å². The van der Waals surface area contributed by atoms with Crippen molar-refractivity contribution in [3.63, 3.8) is 0 Å². The first kappa shape index (κ1) is 20.4. The van der Waals surface area contributed by atoms with E-state index in [4.69, 9.17) is 4.74 Å². The van der Waals surface area contributed by atoms with Crippen LogP contribution in [0.1, 0.15) is 11.1 Å². The zero-order chi connectivity index (χ0) is 21.8. The summed E-state index contributed by atoms with van der Waals surface area (Å²) in [4.78, 5) is 4.06. The summed E-state index contributed by atoms with van der Waals surface area (Å²) in [5.74, 6) is 5.74. The minimum Gasteiger partial charge on any atom is -0.496 e. The number of pyridine rings is 1. The Morgan fingerprint density at radius 1 is 0.968 bits per heavy atom. The molecule has 0 fully saturated rings. The SMILES string of the molecule is COc1ccc(S(=O)(=O)Nc2ccc(F)cc2C#Cc2cccnc2)c2ccccc12. The van der Waals surface area contributed by atoms with Crippen molar-refractivity contribution in [2.24, 2.45) is 0 Å². The van der Waals surface area contributed by atoms with Crippen LogP contribution in [-0.2, 0) is 10.0 Å². The molecule has 4 rings (SSSR count). The maximum absolute atomic E-state index is 13.8. The van der Waals surface area contributed by atoms with Crippen LogP contribution in [0, 0.1) is 17.7 Å². The standard InChI is InChI=1S/C24H17FN2O3S/c1-30-23-12-13-24(21-7-3-2-6-20(21)23)31(28,29)27-22-11-10-19(25)15-18(22)9-8-17-5-4-14-26-16-17/h2-7,10-16,27H,1H3. The zero-order valence-corrected chi connectivity index (χ0v) is 17.3. The third-order valence-electron chi connectivity index (χ3n) is 4.58. The number of aromatic nitrogens is 1. The molecule has 1 heterocycles. The van der Waals surface area contributed by atoms with Crippen LogP contribution >= 0.6 is 0 Å². The maximum atomic E-state index is 13.8. The van der Waals surface area contributed by atoms with Gasteiger partial charge in [0.15, 0.2) is 0 Å². The highest BCUT2D eigenvalue weighted by atomic mass is 32.2. The van der Waals surface area contributed by atoms with Crippen molar-refractivity contribution in [3.05, 3.63) is 96.1 Å². The fraction of sp³-hybridized carbons (Fsp3) is 0.0417. The van der Waals surface area contributed by atoms with Crippen molar-refractivity contribution >= 4 is 26.5 Å². The first-order valence-corrected chi connectivity index (χ1v) is 10.8. The molecule has 0 aliphatic heterocycles. The van der Waals surface area contributed by atoms with Crippen LogP contribution < -0.4 is 9.46 Å². The van der Waals surface area contributed by atoms with Gasteiger partial charge in [-0.15, -0.1) is 0 Å². The summed E-state index contributed by atoms with van der Waals surface area (Å²) in [6.07, 6.45) is 3.19. The molecule has 0 saturated carbocycles. The van der Waals surface area contributed by atoms with E-state index in [1.807, 2.05) is 0 Å². The summed E-state index contributed by atoms with van der Waals surface area (Å²) < 4.78 is 48.2. The minimum absolute atomic E-state index is 0.0828. The minimum atomic E-state index is -3.99. The van der Waals surface area contributed by atoms with E-state index < -0.39 is 15.8 Å². The van der Waals surface area contributed by atoms with Gasteiger partial charge in [-0.3, -0.25) is 9.71 Å². The van der Waals surface area contributed by atoms with Gasteiger partial charge in [-0.1, -0.05) is 36.1 Å². The summed E-state index contributed by atoms with van der Waals surface area (Å²) in [5.41, 5.74) is 1.02. The Morgan fingerprint density at radius 3 is 2.52 bits per heavy atom. The number of benzene rings is 3. The molecule has 1 aromatic heterocycles. The molecule has 0 aliphatic carbocycles. The van der Waals surface area contributed by atoms with Crippen LogP contribution in [0.2, 0.25) is 0 Å². The monoisotopic (exact) mass is 432 g/mol. The number of halogens is 1. The molecule has 4 aromatic rings. The molecule has 31 heavy (non-hydrogen) atoms. The number of ether oxygens (including phenoxy) is 1. The average molecular weight is 432 g/mol. The first-order chi connectivity index (χ1) is 15.0. The van der Waals surface area contributed by atoms with Crippen LogP contribution in [0.25, 0.3) is 10.8 Å². The lowest BCUT2D eigenvalue weighted by molar-refractivity contribution is 0.419. The molecule has 0 atom stereocenters. The third kappa shape index (κ3) is 4.34. The molecule has 0 saturated heterocycles. The molecule has 0 unspecified atom stereocenters. The molecular weight excluding hydrogens is 415 g/mol. The van der Waals surface area contributed by atoms with Gasteiger partial charge >= 0.3 is 0 Å². The van der Waals surface area contributed by atoms with Crippen molar-refractivity contribution in [1.29, 1.82) is 0 Å². The van der Waals surface area contributed by atoms with Gasteiger partial charge in [0.1, 0.15) is 11.6 Å². The second-order valence-electron chi connectivity index (χ2n) is 6.60. The number of rotatable bonds is 4. The predicted octanol–water partition coefficient (Wildman–Crippen LogP) is 4.58. The quantitative estimate of drug-likeness (QED) is 0.479. The van der Waals surface area contributed by atoms with Crippen LogP contribution in [-0.4, -0.2) is 20.5 Å². The van der Waals surface area contributed by atoms with E-state index in [-0.39, 0.29) is 16.1 Å². The Labute approximate surface area is 179 Å². The van der Waals surface area contributed by atoms with E-state index in [0.29, 0.717) is 22.1 Å². The number of sulfonamides is 1. The van der Waals surface area contributed by atoms with Gasteiger partial charge in [0.05, 0.1) is 23.3 Å². The number of hydrogen-bond donors (Lipinski definition) is 1. The lowest BCUT2D eigenvalue weighted by atomic mass is 10.1. The highest BCUT2D eigenvalue weighted by Crippen LogP contribution is 2.32. The van der Waals surface area contributed by atoms with E-state index >= 15 is 0 Å². The van der Waals surface area contributed by atoms with E-state index in [1.165, 1.54) is 31.4 Å². The molecule has 5 nitrogen and oxygen atoms in total. The highest BCUT2D eigenvalue weighted by molar-refractivity contribution is 7.93. The van der Waals surface area contributed by atoms with Crippen LogP contribution in [0.4, 0.5) is 10.1 Å². The molecular formula is C24H17FN2O3S. The van der Waals surface area contributed by atoms with Crippen molar-refractivity contribution in [3.8, 4) is 17.6 Å². The average Bonchev–Trinajstić information content (AvgIpc) is 2.79. The van der Waals surface area contributed by atoms with E-state index in [1.54, 1.807) is 54.9 Å². The normalized spacial score (nSPS) is 10.9. The Balaban J connectivity index is 1.77. The van der Waals surface area contributed by atoms with Gasteiger partial charge in [0.25, 0.3) is 10.0 Å². The summed E-state index contributed by atoms with van der Waals surface area (Å²) in [6, 6.07) is 17.3. The highest BCUT2D eigenvalue weighted by Gasteiger charge is 2.20. The van der Waals surface area contributed by atoms with Crippen LogP contribution in [0.15, 0.2) is 84.0 Å². The lowest BCUT2D eigenvalue weighted by Crippen LogP contribution is -2.14. The summed E-state index contributed by atoms with van der Waals surface area (Å²) in [5, 5.41) is 1.18. The van der Waals surface area contributed by atoms with Gasteiger partial charge in [0.2, 0.25) is 0 Å². The number of methoxy groups -OCH3 is 1. The predicted molar refractivity (Wildman–Crippen MR) is 118 cm³/mol. The molecule has 3 aromatic carbocycles. The topological polar surface area (TPSA) is 68.3 Å². The molecule has 0 bridgehead atoms. The largest absolute Gasteiger partial charge is 0.496 e. The number of hydrogen-bond acceptors (Lipinski definition) is 4. The van der Waals surface area contributed by atoms with Crippen LogP contribution in [0.3, 0.4) is 0 Å². The number of nitrogens with zero attached hydrogens (tertiary/aromatic N) is 1. The van der Waals surface area contributed by atoms with Gasteiger partial charge in [0, 0.05) is 28.7 Å². The number of nitrogens with one attached hydrogen (secondary N) is 1. The number of anilines is 1. The summed E-state index contributed by atoms with van der Waals surface area (Å²) in [7, 11) is -2.46. The molecule has 1 N–H and O–H groups in total. The Morgan fingerprint density at radius 2 is 1.77 bits per heavy atom. The molecule has 0 radical (unpaired) electrons. The first-order valence-electron chi connectivity index (χ1n) is 9.28. The molecule has 0 spiro atoms. The van der Waals surface area contributed by atoms with Crippen molar-refractivity contribution in [1.82, 2.24) is 4.98 Å². The van der Waals surface area contributed by atoms with E-state index in [0.717, 1.165) is 0 Å².